The Kier molecular flexibility index (Phi) is 18.5. The van der Waals surface area contributed by atoms with Crippen LogP contribution >= 0.6 is 0 Å². The van der Waals surface area contributed by atoms with Gasteiger partial charge in [0.25, 0.3) is 0 Å². The maximum absolute atomic E-state index is 2.62. The number of benzene rings is 6. The van der Waals surface area contributed by atoms with Crippen LogP contribution in [0.1, 0.15) is 171 Å². The molecule has 0 unspecified atom stereocenters. The molecule has 0 amide bonds. The van der Waals surface area contributed by atoms with Crippen LogP contribution in [0.2, 0.25) is 58.9 Å². The summed E-state index contributed by atoms with van der Waals surface area (Å²) in [6, 6.07) is 45.8. The topological polar surface area (TPSA) is 11.6 Å². The molecular formula is C81H106N3Si3+3. The summed E-state index contributed by atoms with van der Waals surface area (Å²) >= 11 is 0. The monoisotopic (exact) mass is 1200 g/mol. The average Bonchev–Trinajstić information content (AvgIpc) is 1.91. The van der Waals surface area contributed by atoms with Crippen molar-refractivity contribution in [2.24, 2.45) is 21.1 Å². The zero-order valence-electron chi connectivity index (χ0n) is 56.7. The van der Waals surface area contributed by atoms with Crippen molar-refractivity contribution >= 4 is 72.1 Å². The summed E-state index contributed by atoms with van der Waals surface area (Å²) in [5, 5.41) is 12.9. The van der Waals surface area contributed by atoms with Gasteiger partial charge in [-0.05, 0) is 200 Å². The quantitative estimate of drug-likeness (QED) is 0.0955. The summed E-state index contributed by atoms with van der Waals surface area (Å²) in [7, 11) is 2.66. The van der Waals surface area contributed by atoms with E-state index in [4.69, 9.17) is 0 Å². The molecule has 0 aliphatic heterocycles. The van der Waals surface area contributed by atoms with Crippen molar-refractivity contribution in [2.45, 2.75) is 213 Å². The molecule has 3 heterocycles. The summed E-state index contributed by atoms with van der Waals surface area (Å²) in [6.45, 7) is 31.1. The summed E-state index contributed by atoms with van der Waals surface area (Å²) in [5.74, 6) is 3.02. The predicted octanol–water partition coefficient (Wildman–Crippen LogP) is 19.5. The van der Waals surface area contributed by atoms with Gasteiger partial charge in [0.2, 0.25) is 17.1 Å². The number of aryl methyl sites for hydroxylation is 5. The Morgan fingerprint density at radius 1 is 0.310 bits per heavy atom. The molecule has 4 aliphatic carbocycles. The van der Waals surface area contributed by atoms with Crippen LogP contribution in [0.5, 0.6) is 0 Å². The van der Waals surface area contributed by atoms with Crippen LogP contribution < -0.4 is 29.3 Å². The maximum Gasteiger partial charge on any atom is 0.220 e. The molecule has 3 aromatic heterocycles. The van der Waals surface area contributed by atoms with E-state index in [9.17, 15) is 0 Å². The molecule has 6 aromatic carbocycles. The number of pyridine rings is 3. The van der Waals surface area contributed by atoms with E-state index in [-0.39, 0.29) is 0 Å². The van der Waals surface area contributed by atoms with Gasteiger partial charge in [0.15, 0.2) is 18.6 Å². The molecule has 87 heavy (non-hydrogen) atoms. The fraction of sp³-hybridized carbons (Fsp3) is 0.444. The van der Waals surface area contributed by atoms with Gasteiger partial charge >= 0.3 is 0 Å². The fourth-order valence-corrected chi connectivity index (χ4v) is 19.2. The Bertz CT molecular complexity index is 3990. The minimum Gasteiger partial charge on any atom is -0.200 e. The highest BCUT2D eigenvalue weighted by Crippen LogP contribution is 2.45. The molecule has 0 atom stereocenters. The molecule has 454 valence electrons. The van der Waals surface area contributed by atoms with Crippen molar-refractivity contribution in [3.63, 3.8) is 0 Å². The van der Waals surface area contributed by atoms with Crippen molar-refractivity contribution in [1.29, 1.82) is 0 Å². The number of hydrogen-bond acceptors (Lipinski definition) is 0. The summed E-state index contributed by atoms with van der Waals surface area (Å²) in [6.07, 6.45) is 28.8. The number of nitrogens with zero attached hydrogens (tertiary/aromatic N) is 3. The second-order valence-electron chi connectivity index (χ2n) is 30.8. The molecule has 0 N–H and O–H groups in total. The largest absolute Gasteiger partial charge is 0.220 e. The highest BCUT2D eigenvalue weighted by molar-refractivity contribution is 6.89. The first-order valence-electron chi connectivity index (χ1n) is 34.1. The van der Waals surface area contributed by atoms with E-state index < -0.39 is 24.2 Å². The Labute approximate surface area is 528 Å². The van der Waals surface area contributed by atoms with Crippen molar-refractivity contribution < 1.29 is 13.7 Å². The molecule has 13 rings (SSSR count). The third-order valence-electron chi connectivity index (χ3n) is 21.5. The molecule has 0 bridgehead atoms. The van der Waals surface area contributed by atoms with Crippen molar-refractivity contribution in [3.8, 4) is 33.8 Å². The minimum atomic E-state index is -1.33. The smallest absolute Gasteiger partial charge is 0.200 e. The summed E-state index contributed by atoms with van der Waals surface area (Å²) < 4.78 is 6.99. The van der Waals surface area contributed by atoms with Crippen LogP contribution in [0.25, 0.3) is 66.1 Å². The van der Waals surface area contributed by atoms with E-state index in [2.05, 4.69) is 255 Å². The van der Waals surface area contributed by atoms with Gasteiger partial charge in [-0.1, -0.05) is 187 Å². The molecule has 4 fully saturated rings. The third-order valence-corrected chi connectivity index (χ3v) is 27.6. The predicted molar refractivity (Wildman–Crippen MR) is 384 cm³/mol. The molecule has 0 spiro atoms. The van der Waals surface area contributed by atoms with Gasteiger partial charge in [-0.25, -0.2) is 13.7 Å². The van der Waals surface area contributed by atoms with E-state index in [0.717, 1.165) is 23.7 Å². The molecule has 4 aliphatic rings. The minimum absolute atomic E-state index is 0.747. The van der Waals surface area contributed by atoms with E-state index >= 15 is 0 Å². The van der Waals surface area contributed by atoms with Gasteiger partial charge in [-0.2, -0.15) is 0 Å². The zero-order chi connectivity index (χ0) is 61.7. The van der Waals surface area contributed by atoms with E-state index in [0.29, 0.717) is 0 Å². The first-order chi connectivity index (χ1) is 41.4. The molecular weight excluding hydrogens is 1100 g/mol. The van der Waals surface area contributed by atoms with Crippen LogP contribution in [-0.4, -0.2) is 24.2 Å². The lowest BCUT2D eigenvalue weighted by atomic mass is 9.84. The summed E-state index contributed by atoms with van der Waals surface area (Å²) in [5.41, 5.74) is 20.5. The van der Waals surface area contributed by atoms with Gasteiger partial charge < -0.3 is 0 Å². The van der Waals surface area contributed by atoms with Gasteiger partial charge in [0.1, 0.15) is 21.1 Å². The van der Waals surface area contributed by atoms with Gasteiger partial charge in [0, 0.05) is 23.8 Å². The molecule has 6 heteroatoms. The van der Waals surface area contributed by atoms with Gasteiger partial charge in [0.05, 0.1) is 51.5 Å². The van der Waals surface area contributed by atoms with Crippen LogP contribution in [0.3, 0.4) is 0 Å². The Morgan fingerprint density at radius 2 is 0.644 bits per heavy atom. The Balaban J connectivity index is 0.000000136. The number of fused-ring (bicyclic) bond motifs is 3. The summed E-state index contributed by atoms with van der Waals surface area (Å²) in [4.78, 5) is 0. The van der Waals surface area contributed by atoms with Gasteiger partial charge in [-0.15, -0.1) is 0 Å². The third kappa shape index (κ3) is 13.4. The normalized spacial score (nSPS) is 16.5. The van der Waals surface area contributed by atoms with Gasteiger partial charge in [-0.3, -0.25) is 0 Å². The number of rotatable bonds is 10. The average molecular weight is 1210 g/mol. The fourth-order valence-electron chi connectivity index (χ4n) is 15.7. The van der Waals surface area contributed by atoms with Crippen molar-refractivity contribution in [1.82, 2.24) is 0 Å². The van der Waals surface area contributed by atoms with Crippen LogP contribution in [0.15, 0.2) is 134 Å². The van der Waals surface area contributed by atoms with E-state index in [1.54, 1.807) is 21.9 Å². The molecule has 0 saturated heterocycles. The van der Waals surface area contributed by atoms with Crippen LogP contribution in [0.4, 0.5) is 0 Å². The number of hydrogen-bond donors (Lipinski definition) is 0. The molecule has 4 saturated carbocycles. The maximum atomic E-state index is 2.62. The molecule has 3 nitrogen and oxygen atoms in total. The SMILES string of the molecule is Cc1c(-c2c3ccc([Si](C)(C)C)cc3cc[n+]2C)cc(C2CCCC2)cc1C1CCCC1.Cc1cc(C2CCCC2)cc(-c2c3ccc([Si](C)(C)C)cc3cc[n+]2C)c1C.Cc1ccc(C2CCCC2)cc1-c1c2ccc([Si](C)(C)C)cc2cc[n+]1C. The van der Waals surface area contributed by atoms with Crippen LogP contribution in [-0.2, 0) is 21.1 Å². The second-order valence-corrected chi connectivity index (χ2v) is 46.0. The standard InChI is InChI=1S/C30H40NSi.C26H34NSi.C25H32NSi/c1-21-28(23-12-8-9-13-23)19-25(22-10-6-7-11-22)20-29(21)30-27-15-14-26(32(3,4)5)18-24(27)16-17-31(30)2;1-18-15-22(20-9-7-8-10-20)17-25(19(18)2)26-24-12-11-23(28(4,5)6)16-21(24)13-14-27(26)3;1-18-10-11-20(19-8-6-7-9-19)17-24(18)25-23-13-12-22(27(3,4)5)16-21(23)14-15-26(25)2/h14-20,22-23H,6-13H2,1-5H3;11-17,20H,7-10H2,1-6H3;10-17,19H,6-9H2,1-5H3/q3*+1. The highest BCUT2D eigenvalue weighted by Gasteiger charge is 2.30. The first-order valence-corrected chi connectivity index (χ1v) is 44.6. The van der Waals surface area contributed by atoms with Crippen LogP contribution in [0, 0.1) is 27.7 Å². The first kappa shape index (κ1) is 62.8. The van der Waals surface area contributed by atoms with Crippen molar-refractivity contribution in [3.05, 3.63) is 178 Å². The number of aromatic nitrogens is 3. The Hall–Kier alpha value is -5.80. The highest BCUT2D eigenvalue weighted by atomic mass is 28.3. The van der Waals surface area contributed by atoms with E-state index in [1.165, 1.54) is 207 Å². The lowest BCUT2D eigenvalue weighted by Crippen LogP contribution is -2.37. The Morgan fingerprint density at radius 3 is 1.03 bits per heavy atom. The lowest BCUT2D eigenvalue weighted by molar-refractivity contribution is -0.659. The molecule has 9 aromatic rings. The zero-order valence-corrected chi connectivity index (χ0v) is 59.7. The second kappa shape index (κ2) is 25.6. The lowest BCUT2D eigenvalue weighted by Gasteiger charge is -2.21. The van der Waals surface area contributed by atoms with Crippen molar-refractivity contribution in [2.75, 3.05) is 0 Å². The van der Waals surface area contributed by atoms with E-state index in [1.807, 2.05) is 0 Å². The molecule has 0 radical (unpaired) electrons.